The van der Waals surface area contributed by atoms with Gasteiger partial charge in [0.25, 0.3) is 5.91 Å². The Kier molecular flexibility index (Phi) is 5.22. The number of carbonyl (C=O) groups excluding carboxylic acids is 2. The molecule has 134 valence electrons. The zero-order valence-electron chi connectivity index (χ0n) is 14.8. The topological polar surface area (TPSA) is 75.4 Å². The molecule has 3 heterocycles. The van der Waals surface area contributed by atoms with E-state index in [-0.39, 0.29) is 17.7 Å². The molecule has 0 aromatic carbocycles. The van der Waals surface area contributed by atoms with Crippen LogP contribution in [0.4, 0.5) is 5.82 Å². The Hall–Kier alpha value is -2.15. The van der Waals surface area contributed by atoms with E-state index >= 15 is 0 Å². The van der Waals surface area contributed by atoms with Gasteiger partial charge in [0.1, 0.15) is 5.76 Å². The quantitative estimate of drug-likeness (QED) is 0.905. The zero-order valence-corrected chi connectivity index (χ0v) is 15.6. The minimum atomic E-state index is -0.0997. The van der Waals surface area contributed by atoms with Gasteiger partial charge >= 0.3 is 0 Å². The van der Waals surface area contributed by atoms with Crippen LogP contribution in [0.2, 0.25) is 0 Å². The summed E-state index contributed by atoms with van der Waals surface area (Å²) in [6, 6.07) is 3.68. The van der Waals surface area contributed by atoms with E-state index in [0.29, 0.717) is 37.5 Å². The van der Waals surface area contributed by atoms with Gasteiger partial charge in [0.05, 0.1) is 4.88 Å². The summed E-state index contributed by atoms with van der Waals surface area (Å²) in [6.45, 7) is 7.14. The number of anilines is 1. The van der Waals surface area contributed by atoms with Crippen molar-refractivity contribution in [1.82, 2.24) is 10.1 Å². The number of carbonyl (C=O) groups is 2. The van der Waals surface area contributed by atoms with Crippen LogP contribution in [-0.2, 0) is 11.2 Å². The molecule has 3 rings (SSSR count). The standard InChI is InChI=1S/C18H23N3O3S/c1-4-14-11(2)9-15(25-14)18(23)21-7-5-13(6-8-21)17(22)19-16-10-12(3)24-20-16/h9-10,13H,4-8H2,1-3H3,(H,19,20,22). The van der Waals surface area contributed by atoms with Crippen molar-refractivity contribution in [2.75, 3.05) is 18.4 Å². The summed E-state index contributed by atoms with van der Waals surface area (Å²) in [7, 11) is 0. The van der Waals surface area contributed by atoms with Crippen LogP contribution in [0.5, 0.6) is 0 Å². The van der Waals surface area contributed by atoms with Crippen LogP contribution in [-0.4, -0.2) is 35.0 Å². The van der Waals surface area contributed by atoms with E-state index in [0.717, 1.165) is 11.3 Å². The molecule has 0 unspecified atom stereocenters. The number of aromatic nitrogens is 1. The van der Waals surface area contributed by atoms with Gasteiger partial charge in [0.2, 0.25) is 5.91 Å². The maximum absolute atomic E-state index is 12.7. The second-order valence-corrected chi connectivity index (χ2v) is 7.59. The highest BCUT2D eigenvalue weighted by atomic mass is 32.1. The van der Waals surface area contributed by atoms with Crippen LogP contribution >= 0.6 is 11.3 Å². The Morgan fingerprint density at radius 2 is 2.04 bits per heavy atom. The third-order valence-electron chi connectivity index (χ3n) is 4.58. The molecule has 0 bridgehead atoms. The van der Waals surface area contributed by atoms with Gasteiger partial charge in [0, 0.05) is 30.0 Å². The van der Waals surface area contributed by atoms with Gasteiger partial charge in [0.15, 0.2) is 5.82 Å². The largest absolute Gasteiger partial charge is 0.360 e. The van der Waals surface area contributed by atoms with Crippen molar-refractivity contribution in [1.29, 1.82) is 0 Å². The summed E-state index contributed by atoms with van der Waals surface area (Å²) in [5, 5.41) is 6.56. The van der Waals surface area contributed by atoms with Crippen molar-refractivity contribution < 1.29 is 14.1 Å². The fourth-order valence-electron chi connectivity index (χ4n) is 3.13. The molecule has 2 aromatic heterocycles. The Balaban J connectivity index is 1.55. The first-order valence-corrected chi connectivity index (χ1v) is 9.42. The lowest BCUT2D eigenvalue weighted by Gasteiger charge is -2.30. The first-order valence-electron chi connectivity index (χ1n) is 8.60. The van der Waals surface area contributed by atoms with Crippen molar-refractivity contribution >= 4 is 29.0 Å². The number of nitrogens with one attached hydrogen (secondary N) is 1. The van der Waals surface area contributed by atoms with Gasteiger partial charge < -0.3 is 14.7 Å². The average molecular weight is 361 g/mol. The predicted octanol–water partition coefficient (Wildman–Crippen LogP) is 3.41. The van der Waals surface area contributed by atoms with Crippen LogP contribution in [0.25, 0.3) is 0 Å². The highest BCUT2D eigenvalue weighted by molar-refractivity contribution is 7.14. The van der Waals surface area contributed by atoms with E-state index in [1.807, 2.05) is 17.9 Å². The molecule has 25 heavy (non-hydrogen) atoms. The number of thiophene rings is 1. The third kappa shape index (κ3) is 3.92. The average Bonchev–Trinajstić information content (AvgIpc) is 3.19. The molecule has 1 saturated heterocycles. The second-order valence-electron chi connectivity index (χ2n) is 6.45. The van der Waals surface area contributed by atoms with Gasteiger partial charge in [-0.15, -0.1) is 11.3 Å². The summed E-state index contributed by atoms with van der Waals surface area (Å²) >= 11 is 1.58. The fourth-order valence-corrected chi connectivity index (χ4v) is 4.21. The molecule has 2 amide bonds. The summed E-state index contributed by atoms with van der Waals surface area (Å²) in [4.78, 5) is 28.9. The summed E-state index contributed by atoms with van der Waals surface area (Å²) < 4.78 is 4.95. The molecular weight excluding hydrogens is 338 g/mol. The molecular formula is C18H23N3O3S. The van der Waals surface area contributed by atoms with E-state index in [1.54, 1.807) is 24.3 Å². The highest BCUT2D eigenvalue weighted by Crippen LogP contribution is 2.26. The maximum Gasteiger partial charge on any atom is 0.263 e. The van der Waals surface area contributed by atoms with Gasteiger partial charge in [-0.25, -0.2) is 0 Å². The van der Waals surface area contributed by atoms with Crippen LogP contribution in [0, 0.1) is 19.8 Å². The maximum atomic E-state index is 12.7. The third-order valence-corrected chi connectivity index (χ3v) is 5.95. The number of amides is 2. The Bertz CT molecular complexity index is 772. The minimum absolute atomic E-state index is 0.0550. The molecule has 0 saturated carbocycles. The minimum Gasteiger partial charge on any atom is -0.360 e. The Morgan fingerprint density at radius 3 is 2.60 bits per heavy atom. The summed E-state index contributed by atoms with van der Waals surface area (Å²) in [6.07, 6.45) is 2.28. The fraction of sp³-hybridized carbons (Fsp3) is 0.500. The van der Waals surface area contributed by atoms with Crippen molar-refractivity contribution in [3.8, 4) is 0 Å². The Labute approximate surface area is 151 Å². The molecule has 1 fully saturated rings. The first-order chi connectivity index (χ1) is 12.0. The number of hydrogen-bond donors (Lipinski definition) is 1. The summed E-state index contributed by atoms with van der Waals surface area (Å²) in [5.74, 6) is 1.03. The predicted molar refractivity (Wildman–Crippen MR) is 96.9 cm³/mol. The molecule has 7 heteroatoms. The smallest absolute Gasteiger partial charge is 0.263 e. The Morgan fingerprint density at radius 1 is 1.32 bits per heavy atom. The molecule has 0 atom stereocenters. The van der Waals surface area contributed by atoms with Crippen molar-refractivity contribution in [3.63, 3.8) is 0 Å². The number of likely N-dealkylation sites (tertiary alicyclic amines) is 1. The van der Waals surface area contributed by atoms with E-state index in [4.69, 9.17) is 4.52 Å². The van der Waals surface area contributed by atoms with Crippen LogP contribution in [0.15, 0.2) is 16.7 Å². The summed E-state index contributed by atoms with van der Waals surface area (Å²) in [5.41, 5.74) is 1.19. The van der Waals surface area contributed by atoms with Crippen molar-refractivity contribution in [2.24, 2.45) is 5.92 Å². The monoisotopic (exact) mass is 361 g/mol. The van der Waals surface area contributed by atoms with Crippen LogP contribution in [0.1, 0.15) is 45.6 Å². The lowest BCUT2D eigenvalue weighted by atomic mass is 9.96. The normalized spacial score (nSPS) is 15.4. The molecule has 1 N–H and O–H groups in total. The SMILES string of the molecule is CCc1sc(C(=O)N2CCC(C(=O)Nc3cc(C)on3)CC2)cc1C. The van der Waals surface area contributed by atoms with Crippen molar-refractivity contribution in [3.05, 3.63) is 33.2 Å². The number of rotatable bonds is 4. The van der Waals surface area contributed by atoms with Gasteiger partial charge in [-0.05, 0) is 44.7 Å². The highest BCUT2D eigenvalue weighted by Gasteiger charge is 2.29. The van der Waals surface area contributed by atoms with E-state index in [9.17, 15) is 9.59 Å². The number of nitrogens with zero attached hydrogens (tertiary/aromatic N) is 2. The van der Waals surface area contributed by atoms with Gasteiger partial charge in [-0.3, -0.25) is 9.59 Å². The molecule has 0 spiro atoms. The van der Waals surface area contributed by atoms with Crippen LogP contribution in [0.3, 0.4) is 0 Å². The molecule has 2 aromatic rings. The van der Waals surface area contributed by atoms with Gasteiger partial charge in [-0.2, -0.15) is 0 Å². The van der Waals surface area contributed by atoms with Crippen LogP contribution < -0.4 is 5.32 Å². The number of aryl methyl sites for hydroxylation is 3. The molecule has 1 aliphatic heterocycles. The number of piperidine rings is 1. The molecule has 1 aliphatic rings. The van der Waals surface area contributed by atoms with Gasteiger partial charge in [-0.1, -0.05) is 12.1 Å². The zero-order chi connectivity index (χ0) is 18.0. The lowest BCUT2D eigenvalue weighted by molar-refractivity contribution is -0.121. The van der Waals surface area contributed by atoms with Crippen molar-refractivity contribution in [2.45, 2.75) is 40.0 Å². The second kappa shape index (κ2) is 7.39. The van der Waals surface area contributed by atoms with E-state index in [2.05, 4.69) is 17.4 Å². The first kappa shape index (κ1) is 17.7. The van der Waals surface area contributed by atoms with E-state index < -0.39 is 0 Å². The molecule has 0 radical (unpaired) electrons. The lowest BCUT2D eigenvalue weighted by Crippen LogP contribution is -2.41. The van der Waals surface area contributed by atoms with E-state index in [1.165, 1.54) is 10.4 Å². The molecule has 6 nitrogen and oxygen atoms in total. The molecule has 0 aliphatic carbocycles. The number of hydrogen-bond acceptors (Lipinski definition) is 5.